The van der Waals surface area contributed by atoms with Gasteiger partial charge in [0, 0.05) is 57.7 Å². The van der Waals surface area contributed by atoms with Crippen LogP contribution in [0, 0.1) is 0 Å². The summed E-state index contributed by atoms with van der Waals surface area (Å²) < 4.78 is 0. The molecule has 3 rings (SSSR count). The lowest BCUT2D eigenvalue weighted by Crippen LogP contribution is -2.53. The minimum Gasteiger partial charge on any atom is -0.378 e. The molecule has 0 unspecified atom stereocenters. The monoisotopic (exact) mass is 316 g/mol. The third-order valence-corrected chi connectivity index (χ3v) is 4.98. The Kier molecular flexibility index (Phi) is 4.94. The molecule has 1 heterocycles. The molecule has 5 nitrogen and oxygen atoms in total. The van der Waals surface area contributed by atoms with Gasteiger partial charge in [0.2, 0.25) is 0 Å². The Labute approximate surface area is 139 Å². The van der Waals surface area contributed by atoms with Crippen LogP contribution >= 0.6 is 0 Å². The van der Waals surface area contributed by atoms with Crippen LogP contribution in [0.5, 0.6) is 0 Å². The molecule has 2 fully saturated rings. The van der Waals surface area contributed by atoms with E-state index in [-0.39, 0.29) is 6.03 Å². The highest BCUT2D eigenvalue weighted by molar-refractivity contribution is 5.75. The molecule has 2 aliphatic rings. The van der Waals surface area contributed by atoms with Gasteiger partial charge in [0.1, 0.15) is 0 Å². The predicted molar refractivity (Wildman–Crippen MR) is 95.3 cm³/mol. The van der Waals surface area contributed by atoms with Gasteiger partial charge in [-0.3, -0.25) is 0 Å². The van der Waals surface area contributed by atoms with Gasteiger partial charge in [-0.25, -0.2) is 4.79 Å². The maximum Gasteiger partial charge on any atom is 0.317 e. The summed E-state index contributed by atoms with van der Waals surface area (Å²) in [5, 5.41) is 3.19. The average molecular weight is 316 g/mol. The van der Waals surface area contributed by atoms with Crippen molar-refractivity contribution in [1.82, 2.24) is 10.2 Å². The molecule has 1 aliphatic carbocycles. The molecule has 0 bridgehead atoms. The second kappa shape index (κ2) is 7.11. The number of anilines is 2. The number of nitrogens with zero attached hydrogens (tertiary/aromatic N) is 3. The quantitative estimate of drug-likeness (QED) is 0.931. The molecule has 1 aromatic rings. The van der Waals surface area contributed by atoms with Crippen molar-refractivity contribution in [2.24, 2.45) is 0 Å². The highest BCUT2D eigenvalue weighted by atomic mass is 16.2. The van der Waals surface area contributed by atoms with Gasteiger partial charge >= 0.3 is 6.03 Å². The van der Waals surface area contributed by atoms with Gasteiger partial charge in [-0.1, -0.05) is 12.8 Å². The second-order valence-corrected chi connectivity index (χ2v) is 6.82. The van der Waals surface area contributed by atoms with Gasteiger partial charge in [0.05, 0.1) is 0 Å². The first-order chi connectivity index (χ1) is 11.1. The van der Waals surface area contributed by atoms with E-state index < -0.39 is 0 Å². The molecule has 0 spiro atoms. The van der Waals surface area contributed by atoms with Gasteiger partial charge in [0.15, 0.2) is 0 Å². The Morgan fingerprint density at radius 1 is 1.04 bits per heavy atom. The summed E-state index contributed by atoms with van der Waals surface area (Å²) in [6, 6.07) is 9.16. The van der Waals surface area contributed by atoms with Gasteiger partial charge in [-0.15, -0.1) is 0 Å². The van der Waals surface area contributed by atoms with Crippen molar-refractivity contribution in [1.29, 1.82) is 0 Å². The minimum absolute atomic E-state index is 0.125. The summed E-state index contributed by atoms with van der Waals surface area (Å²) in [4.78, 5) is 18.7. The topological polar surface area (TPSA) is 38.8 Å². The van der Waals surface area contributed by atoms with Gasteiger partial charge in [0.25, 0.3) is 0 Å². The van der Waals surface area contributed by atoms with E-state index in [2.05, 4.69) is 53.5 Å². The Bertz CT molecular complexity index is 514. The molecule has 126 valence electrons. The summed E-state index contributed by atoms with van der Waals surface area (Å²) >= 11 is 0. The van der Waals surface area contributed by atoms with Gasteiger partial charge in [-0.2, -0.15) is 0 Å². The van der Waals surface area contributed by atoms with Crippen LogP contribution in [0.4, 0.5) is 16.2 Å². The summed E-state index contributed by atoms with van der Waals surface area (Å²) in [5.74, 6) is 0. The van der Waals surface area contributed by atoms with Crippen molar-refractivity contribution < 1.29 is 4.79 Å². The number of carbonyl (C=O) groups is 1. The van der Waals surface area contributed by atoms with E-state index in [0.29, 0.717) is 6.04 Å². The van der Waals surface area contributed by atoms with Crippen LogP contribution in [0.1, 0.15) is 25.7 Å². The molecule has 1 saturated carbocycles. The number of benzene rings is 1. The number of carbonyl (C=O) groups excluding carboxylic acids is 1. The standard InChI is InChI=1S/C18H28N4O/c1-20(2)16-7-9-17(10-8-16)21-11-13-22(14-12-21)18(23)19-15-5-3-4-6-15/h7-10,15H,3-6,11-14H2,1-2H3,(H,19,23). The summed E-state index contributed by atoms with van der Waals surface area (Å²) in [5.41, 5.74) is 2.45. The van der Waals surface area contributed by atoms with Crippen LogP contribution in [0.25, 0.3) is 0 Å². The molecular formula is C18H28N4O. The van der Waals surface area contributed by atoms with Crippen LogP contribution in [-0.4, -0.2) is 57.2 Å². The van der Waals surface area contributed by atoms with E-state index in [4.69, 9.17) is 0 Å². The van der Waals surface area contributed by atoms with Crippen molar-refractivity contribution >= 4 is 17.4 Å². The molecule has 23 heavy (non-hydrogen) atoms. The molecule has 2 amide bonds. The lowest BCUT2D eigenvalue weighted by molar-refractivity contribution is 0.190. The number of piperazine rings is 1. The highest BCUT2D eigenvalue weighted by Crippen LogP contribution is 2.21. The molecular weight excluding hydrogens is 288 g/mol. The lowest BCUT2D eigenvalue weighted by Gasteiger charge is -2.36. The van der Waals surface area contributed by atoms with E-state index >= 15 is 0 Å². The maximum atomic E-state index is 12.3. The smallest absolute Gasteiger partial charge is 0.317 e. The van der Waals surface area contributed by atoms with E-state index in [9.17, 15) is 4.79 Å². The van der Waals surface area contributed by atoms with Crippen LogP contribution in [0.2, 0.25) is 0 Å². The first kappa shape index (κ1) is 16.0. The van der Waals surface area contributed by atoms with Crippen molar-refractivity contribution in [2.45, 2.75) is 31.7 Å². The Hall–Kier alpha value is -1.91. The fourth-order valence-corrected chi connectivity index (χ4v) is 3.47. The number of nitrogens with one attached hydrogen (secondary N) is 1. The molecule has 1 aliphatic heterocycles. The first-order valence-corrected chi connectivity index (χ1v) is 8.71. The zero-order chi connectivity index (χ0) is 16.2. The fraction of sp³-hybridized carbons (Fsp3) is 0.611. The predicted octanol–water partition coefficient (Wildman–Crippen LogP) is 2.53. The molecule has 1 aromatic carbocycles. The number of hydrogen-bond donors (Lipinski definition) is 1. The molecule has 0 aromatic heterocycles. The molecule has 1 N–H and O–H groups in total. The lowest BCUT2D eigenvalue weighted by atomic mass is 10.2. The largest absolute Gasteiger partial charge is 0.378 e. The van der Waals surface area contributed by atoms with Crippen LogP contribution < -0.4 is 15.1 Å². The van der Waals surface area contributed by atoms with Crippen LogP contribution in [0.3, 0.4) is 0 Å². The maximum absolute atomic E-state index is 12.3. The summed E-state index contributed by atoms with van der Waals surface area (Å²) in [6.45, 7) is 3.40. The summed E-state index contributed by atoms with van der Waals surface area (Å²) in [7, 11) is 4.10. The summed E-state index contributed by atoms with van der Waals surface area (Å²) in [6.07, 6.45) is 4.79. The molecule has 1 saturated heterocycles. The molecule has 0 radical (unpaired) electrons. The second-order valence-electron chi connectivity index (χ2n) is 6.82. The number of hydrogen-bond acceptors (Lipinski definition) is 3. The molecule has 5 heteroatoms. The van der Waals surface area contributed by atoms with Crippen molar-refractivity contribution in [3.63, 3.8) is 0 Å². The zero-order valence-corrected chi connectivity index (χ0v) is 14.3. The average Bonchev–Trinajstić information content (AvgIpc) is 3.08. The van der Waals surface area contributed by atoms with E-state index in [1.807, 2.05) is 4.90 Å². The van der Waals surface area contributed by atoms with E-state index in [1.54, 1.807) is 0 Å². The number of rotatable bonds is 3. The third kappa shape index (κ3) is 3.89. The molecule has 0 atom stereocenters. The first-order valence-electron chi connectivity index (χ1n) is 8.71. The van der Waals surface area contributed by atoms with Crippen LogP contribution in [0.15, 0.2) is 24.3 Å². The Balaban J connectivity index is 1.50. The number of urea groups is 1. The fourth-order valence-electron chi connectivity index (χ4n) is 3.47. The van der Waals surface area contributed by atoms with E-state index in [1.165, 1.54) is 24.2 Å². The highest BCUT2D eigenvalue weighted by Gasteiger charge is 2.24. The Morgan fingerprint density at radius 3 is 2.22 bits per heavy atom. The van der Waals surface area contributed by atoms with Gasteiger partial charge in [-0.05, 0) is 37.1 Å². The zero-order valence-electron chi connectivity index (χ0n) is 14.3. The number of amides is 2. The normalized spacial score (nSPS) is 19.0. The van der Waals surface area contributed by atoms with Crippen molar-refractivity contribution in [3.05, 3.63) is 24.3 Å². The SMILES string of the molecule is CN(C)c1ccc(N2CCN(C(=O)NC3CCCC3)CC2)cc1. The third-order valence-electron chi connectivity index (χ3n) is 4.98. The minimum atomic E-state index is 0.125. The van der Waals surface area contributed by atoms with Crippen molar-refractivity contribution in [2.75, 3.05) is 50.1 Å². The van der Waals surface area contributed by atoms with Crippen molar-refractivity contribution in [3.8, 4) is 0 Å². The Morgan fingerprint density at radius 2 is 1.65 bits per heavy atom. The van der Waals surface area contributed by atoms with E-state index in [0.717, 1.165) is 39.0 Å². The van der Waals surface area contributed by atoms with Crippen LogP contribution in [-0.2, 0) is 0 Å². The van der Waals surface area contributed by atoms with Gasteiger partial charge < -0.3 is 20.0 Å².